The Bertz CT molecular complexity index is 474. The number of aromatic amines is 1. The van der Waals surface area contributed by atoms with E-state index in [-0.39, 0.29) is 6.04 Å². The van der Waals surface area contributed by atoms with Crippen molar-refractivity contribution in [2.24, 2.45) is 5.73 Å². The molecule has 0 radical (unpaired) electrons. The van der Waals surface area contributed by atoms with Crippen molar-refractivity contribution in [3.8, 4) is 5.75 Å². The van der Waals surface area contributed by atoms with Gasteiger partial charge in [0, 0.05) is 17.6 Å². The summed E-state index contributed by atoms with van der Waals surface area (Å²) in [7, 11) is 0. The van der Waals surface area contributed by atoms with Crippen LogP contribution in [0.25, 0.3) is 10.9 Å². The molecule has 1 aromatic heterocycles. The largest absolute Gasteiger partial charge is 0.492 e. The first-order valence-corrected chi connectivity index (χ1v) is 5.69. The van der Waals surface area contributed by atoms with Crippen molar-refractivity contribution in [2.45, 2.75) is 26.3 Å². The maximum absolute atomic E-state index is 5.83. The molecule has 3 N–H and O–H groups in total. The first-order chi connectivity index (χ1) is 7.72. The highest BCUT2D eigenvalue weighted by atomic mass is 16.5. The molecular weight excluding hydrogens is 200 g/mol. The predicted molar refractivity (Wildman–Crippen MR) is 66.8 cm³/mol. The Morgan fingerprint density at radius 2 is 2.25 bits per heavy atom. The molecule has 0 fully saturated rings. The number of rotatable bonds is 4. The number of fused-ring (bicyclic) bond motifs is 1. The molecule has 0 saturated carbocycles. The molecule has 0 aliphatic heterocycles. The zero-order valence-electron chi connectivity index (χ0n) is 9.79. The van der Waals surface area contributed by atoms with Crippen molar-refractivity contribution in [1.29, 1.82) is 0 Å². The third-order valence-corrected chi connectivity index (χ3v) is 2.60. The van der Waals surface area contributed by atoms with Gasteiger partial charge in [-0.2, -0.15) is 0 Å². The zero-order chi connectivity index (χ0) is 11.5. The summed E-state index contributed by atoms with van der Waals surface area (Å²) in [4.78, 5) is 3.27. The van der Waals surface area contributed by atoms with E-state index in [1.807, 2.05) is 32.2 Å². The first kappa shape index (κ1) is 11.0. The quantitative estimate of drug-likeness (QED) is 0.828. The molecule has 3 nitrogen and oxygen atoms in total. The van der Waals surface area contributed by atoms with Crippen LogP contribution in [0.15, 0.2) is 24.4 Å². The molecular formula is C13H18N2O. The lowest BCUT2D eigenvalue weighted by Crippen LogP contribution is -2.17. The molecule has 0 spiro atoms. The summed E-state index contributed by atoms with van der Waals surface area (Å²) < 4.78 is 5.57. The van der Waals surface area contributed by atoms with Crippen LogP contribution in [-0.4, -0.2) is 17.6 Å². The molecule has 0 bridgehead atoms. The Kier molecular flexibility index (Phi) is 3.15. The highest BCUT2D eigenvalue weighted by molar-refractivity contribution is 5.88. The van der Waals surface area contributed by atoms with E-state index in [9.17, 15) is 0 Å². The average Bonchev–Trinajstić information content (AvgIpc) is 2.63. The Labute approximate surface area is 95.6 Å². The number of hydrogen-bond acceptors (Lipinski definition) is 2. The van der Waals surface area contributed by atoms with Crippen LogP contribution in [0, 0.1) is 0 Å². The number of ether oxygens (including phenoxy) is 1. The Hall–Kier alpha value is -1.48. The van der Waals surface area contributed by atoms with Gasteiger partial charge in [-0.05, 0) is 31.9 Å². The van der Waals surface area contributed by atoms with E-state index in [0.717, 1.165) is 17.7 Å². The van der Waals surface area contributed by atoms with Crippen molar-refractivity contribution < 1.29 is 4.74 Å². The maximum atomic E-state index is 5.83. The standard InChI is InChI=1S/C13H18N2O/c1-3-16-12-6-4-5-11-10(7-9(2)14)8-15-13(11)12/h4-6,8-9,15H,3,7,14H2,1-2H3/t9-/m1/s1. The molecule has 2 rings (SSSR count). The summed E-state index contributed by atoms with van der Waals surface area (Å²) >= 11 is 0. The van der Waals surface area contributed by atoms with Crippen LogP contribution in [0.2, 0.25) is 0 Å². The third-order valence-electron chi connectivity index (χ3n) is 2.60. The fourth-order valence-electron chi connectivity index (χ4n) is 1.98. The number of hydrogen-bond donors (Lipinski definition) is 2. The summed E-state index contributed by atoms with van der Waals surface area (Å²) in [6.07, 6.45) is 2.91. The number of benzene rings is 1. The molecule has 16 heavy (non-hydrogen) atoms. The van der Waals surface area contributed by atoms with Crippen molar-refractivity contribution in [1.82, 2.24) is 4.98 Å². The van der Waals surface area contributed by atoms with Crippen LogP contribution in [0.1, 0.15) is 19.4 Å². The second-order valence-corrected chi connectivity index (χ2v) is 4.11. The SMILES string of the molecule is CCOc1cccc2c(C[C@@H](C)N)c[nH]c12. The van der Waals surface area contributed by atoms with Gasteiger partial charge in [0.15, 0.2) is 0 Å². The van der Waals surface area contributed by atoms with Gasteiger partial charge in [0.2, 0.25) is 0 Å². The highest BCUT2D eigenvalue weighted by Crippen LogP contribution is 2.27. The summed E-state index contributed by atoms with van der Waals surface area (Å²) in [6, 6.07) is 6.28. The molecule has 0 aliphatic carbocycles. The van der Waals surface area contributed by atoms with Crippen molar-refractivity contribution in [3.63, 3.8) is 0 Å². The van der Waals surface area contributed by atoms with E-state index in [2.05, 4.69) is 11.1 Å². The van der Waals surface area contributed by atoms with E-state index < -0.39 is 0 Å². The average molecular weight is 218 g/mol. The fraction of sp³-hybridized carbons (Fsp3) is 0.385. The Balaban J connectivity index is 2.44. The lowest BCUT2D eigenvalue weighted by Gasteiger charge is -2.05. The first-order valence-electron chi connectivity index (χ1n) is 5.69. The molecule has 0 amide bonds. The van der Waals surface area contributed by atoms with Gasteiger partial charge in [-0.15, -0.1) is 0 Å². The second-order valence-electron chi connectivity index (χ2n) is 4.11. The van der Waals surface area contributed by atoms with E-state index >= 15 is 0 Å². The monoisotopic (exact) mass is 218 g/mol. The summed E-state index contributed by atoms with van der Waals surface area (Å²) in [5.74, 6) is 0.913. The van der Waals surface area contributed by atoms with Crippen LogP contribution in [-0.2, 0) is 6.42 Å². The lowest BCUT2D eigenvalue weighted by molar-refractivity contribution is 0.344. The summed E-state index contributed by atoms with van der Waals surface area (Å²) in [5, 5.41) is 1.21. The maximum Gasteiger partial charge on any atom is 0.143 e. The van der Waals surface area contributed by atoms with Gasteiger partial charge in [0.05, 0.1) is 12.1 Å². The summed E-state index contributed by atoms with van der Waals surface area (Å²) in [6.45, 7) is 4.69. The normalized spacial score (nSPS) is 12.9. The molecule has 1 heterocycles. The van der Waals surface area contributed by atoms with Gasteiger partial charge in [-0.3, -0.25) is 0 Å². The number of nitrogens with one attached hydrogen (secondary N) is 1. The number of H-pyrrole nitrogens is 1. The van der Waals surface area contributed by atoms with Gasteiger partial charge in [-0.25, -0.2) is 0 Å². The van der Waals surface area contributed by atoms with Gasteiger partial charge in [0.1, 0.15) is 5.75 Å². The molecule has 1 atom stereocenters. The number of nitrogens with two attached hydrogens (primary N) is 1. The fourth-order valence-corrected chi connectivity index (χ4v) is 1.98. The number of aromatic nitrogens is 1. The smallest absolute Gasteiger partial charge is 0.143 e. The van der Waals surface area contributed by atoms with Crippen LogP contribution in [0.4, 0.5) is 0 Å². The molecule has 0 unspecified atom stereocenters. The second kappa shape index (κ2) is 4.58. The van der Waals surface area contributed by atoms with E-state index in [1.54, 1.807) is 0 Å². The molecule has 2 aromatic rings. The van der Waals surface area contributed by atoms with E-state index in [4.69, 9.17) is 10.5 Å². The van der Waals surface area contributed by atoms with Gasteiger partial charge < -0.3 is 15.5 Å². The van der Waals surface area contributed by atoms with Crippen molar-refractivity contribution in [3.05, 3.63) is 30.0 Å². The van der Waals surface area contributed by atoms with Crippen molar-refractivity contribution in [2.75, 3.05) is 6.61 Å². The minimum absolute atomic E-state index is 0.176. The zero-order valence-corrected chi connectivity index (χ0v) is 9.79. The molecule has 3 heteroatoms. The lowest BCUT2D eigenvalue weighted by atomic mass is 10.1. The van der Waals surface area contributed by atoms with Gasteiger partial charge >= 0.3 is 0 Å². The predicted octanol–water partition coefficient (Wildman–Crippen LogP) is 2.46. The minimum Gasteiger partial charge on any atom is -0.492 e. The van der Waals surface area contributed by atoms with Gasteiger partial charge in [-0.1, -0.05) is 12.1 Å². The minimum atomic E-state index is 0.176. The van der Waals surface area contributed by atoms with E-state index in [0.29, 0.717) is 6.61 Å². The molecule has 1 aromatic carbocycles. The summed E-state index contributed by atoms with van der Waals surface area (Å²) in [5.41, 5.74) is 8.15. The highest BCUT2D eigenvalue weighted by Gasteiger charge is 2.08. The Morgan fingerprint density at radius 1 is 1.44 bits per heavy atom. The van der Waals surface area contributed by atoms with Crippen LogP contribution < -0.4 is 10.5 Å². The molecule has 0 aliphatic rings. The van der Waals surface area contributed by atoms with Crippen LogP contribution >= 0.6 is 0 Å². The Morgan fingerprint density at radius 3 is 2.94 bits per heavy atom. The topological polar surface area (TPSA) is 51.0 Å². The van der Waals surface area contributed by atoms with Crippen LogP contribution in [0.3, 0.4) is 0 Å². The number of para-hydroxylation sites is 1. The molecule has 0 saturated heterocycles. The van der Waals surface area contributed by atoms with E-state index in [1.165, 1.54) is 10.9 Å². The van der Waals surface area contributed by atoms with Gasteiger partial charge in [0.25, 0.3) is 0 Å². The van der Waals surface area contributed by atoms with Crippen LogP contribution in [0.5, 0.6) is 5.75 Å². The van der Waals surface area contributed by atoms with Crippen molar-refractivity contribution >= 4 is 10.9 Å². The molecule has 86 valence electrons. The third kappa shape index (κ3) is 2.04.